The molecule has 0 spiro atoms. The van der Waals surface area contributed by atoms with Crippen molar-refractivity contribution < 1.29 is 9.84 Å². The van der Waals surface area contributed by atoms with E-state index in [1.165, 1.54) is 0 Å². The molecule has 1 rings (SSSR count). The van der Waals surface area contributed by atoms with E-state index in [2.05, 4.69) is 10.3 Å². The van der Waals surface area contributed by atoms with Crippen LogP contribution in [0.5, 0.6) is 0 Å². The van der Waals surface area contributed by atoms with Crippen molar-refractivity contribution in [1.82, 2.24) is 4.98 Å². The van der Waals surface area contributed by atoms with E-state index in [0.29, 0.717) is 31.3 Å². The van der Waals surface area contributed by atoms with Crippen LogP contribution >= 0.6 is 0 Å². The molecule has 1 aromatic heterocycles. The Balaban J connectivity index is 2.28. The summed E-state index contributed by atoms with van der Waals surface area (Å²) in [5.41, 5.74) is 0.385. The van der Waals surface area contributed by atoms with Gasteiger partial charge in [-0.1, -0.05) is 6.07 Å². The first kappa shape index (κ1) is 11.4. The number of hydrogen-bond donors (Lipinski definition) is 2. The second kappa shape index (κ2) is 6.76. The monoisotopic (exact) mass is 207 g/mol. The summed E-state index contributed by atoms with van der Waals surface area (Å²) in [6, 6.07) is 7.16. The smallest absolute Gasteiger partial charge is 0.142 e. The van der Waals surface area contributed by atoms with Crippen molar-refractivity contribution in [2.45, 2.75) is 0 Å². The highest BCUT2D eigenvalue weighted by atomic mass is 16.5. The van der Waals surface area contributed by atoms with Crippen LogP contribution in [-0.2, 0) is 4.74 Å². The van der Waals surface area contributed by atoms with Crippen molar-refractivity contribution >= 4 is 5.82 Å². The molecule has 0 fully saturated rings. The number of nitrogens with zero attached hydrogens (tertiary/aromatic N) is 2. The van der Waals surface area contributed by atoms with Crippen molar-refractivity contribution in [2.24, 2.45) is 0 Å². The molecule has 1 aromatic rings. The zero-order chi connectivity index (χ0) is 10.9. The maximum Gasteiger partial charge on any atom is 0.142 e. The molecule has 2 N–H and O–H groups in total. The van der Waals surface area contributed by atoms with E-state index in [1.54, 1.807) is 18.2 Å². The highest BCUT2D eigenvalue weighted by Crippen LogP contribution is 2.02. The lowest BCUT2D eigenvalue weighted by Crippen LogP contribution is -2.12. The predicted octanol–water partition coefficient (Wildman–Crippen LogP) is 0.374. The molecule has 5 heteroatoms. The van der Waals surface area contributed by atoms with Crippen LogP contribution in [0.25, 0.3) is 0 Å². The largest absolute Gasteiger partial charge is 0.394 e. The standard InChI is InChI=1S/C10H13N3O2/c11-8-9-2-1-3-10(13-9)12-4-6-15-7-5-14/h1-3,14H,4-7H2,(H,12,13). The van der Waals surface area contributed by atoms with Crippen molar-refractivity contribution in [3.05, 3.63) is 23.9 Å². The van der Waals surface area contributed by atoms with Crippen molar-refractivity contribution in [1.29, 1.82) is 5.26 Å². The van der Waals surface area contributed by atoms with Crippen molar-refractivity contribution in [3.63, 3.8) is 0 Å². The molecule has 80 valence electrons. The maximum absolute atomic E-state index is 8.61. The lowest BCUT2D eigenvalue weighted by molar-refractivity contribution is 0.0992. The quantitative estimate of drug-likeness (QED) is 0.659. The first-order valence-electron chi connectivity index (χ1n) is 4.66. The van der Waals surface area contributed by atoms with Gasteiger partial charge in [0.2, 0.25) is 0 Å². The van der Waals surface area contributed by atoms with E-state index in [4.69, 9.17) is 15.1 Å². The van der Waals surface area contributed by atoms with Gasteiger partial charge in [0.05, 0.1) is 19.8 Å². The molecular weight excluding hydrogens is 194 g/mol. The SMILES string of the molecule is N#Cc1cccc(NCCOCCO)n1. The molecule has 15 heavy (non-hydrogen) atoms. The average Bonchev–Trinajstić information content (AvgIpc) is 2.29. The number of pyridine rings is 1. The van der Waals surface area contributed by atoms with Crippen LogP contribution in [0.4, 0.5) is 5.82 Å². The van der Waals surface area contributed by atoms with Gasteiger partial charge < -0.3 is 15.2 Å². The lowest BCUT2D eigenvalue weighted by Gasteiger charge is -2.05. The number of aliphatic hydroxyl groups excluding tert-OH is 1. The number of rotatable bonds is 6. The summed E-state index contributed by atoms with van der Waals surface area (Å²) < 4.78 is 5.06. The first-order valence-corrected chi connectivity index (χ1v) is 4.66. The zero-order valence-corrected chi connectivity index (χ0v) is 8.31. The lowest BCUT2D eigenvalue weighted by atomic mass is 10.3. The molecule has 0 bridgehead atoms. The molecular formula is C10H13N3O2. The molecule has 0 saturated heterocycles. The summed E-state index contributed by atoms with van der Waals surface area (Å²) >= 11 is 0. The Bertz CT molecular complexity index is 336. The second-order valence-electron chi connectivity index (χ2n) is 2.78. The molecule has 0 aliphatic heterocycles. The molecule has 0 saturated carbocycles. The van der Waals surface area contributed by atoms with E-state index in [9.17, 15) is 0 Å². The second-order valence-corrected chi connectivity index (χ2v) is 2.78. The summed E-state index contributed by atoms with van der Waals surface area (Å²) in [6.07, 6.45) is 0. The van der Waals surface area contributed by atoms with E-state index >= 15 is 0 Å². The Hall–Kier alpha value is -1.64. The van der Waals surface area contributed by atoms with Gasteiger partial charge in [-0.15, -0.1) is 0 Å². The third kappa shape index (κ3) is 4.40. The Kier molecular flexibility index (Phi) is 5.15. The number of hydrogen-bond acceptors (Lipinski definition) is 5. The summed E-state index contributed by atoms with van der Waals surface area (Å²) in [5, 5.41) is 20.1. The fraction of sp³-hybridized carbons (Fsp3) is 0.400. The molecule has 0 aliphatic rings. The van der Waals surface area contributed by atoms with Crippen LogP contribution in [-0.4, -0.2) is 36.5 Å². The molecule has 0 aliphatic carbocycles. The normalized spacial score (nSPS) is 9.60. The van der Waals surface area contributed by atoms with Crippen LogP contribution < -0.4 is 5.32 Å². The van der Waals surface area contributed by atoms with Gasteiger partial charge in [-0.25, -0.2) is 4.98 Å². The highest BCUT2D eigenvalue weighted by Gasteiger charge is 1.95. The Morgan fingerprint density at radius 1 is 1.47 bits per heavy atom. The molecule has 0 atom stereocenters. The molecule has 0 aromatic carbocycles. The van der Waals surface area contributed by atoms with E-state index in [1.807, 2.05) is 6.07 Å². The minimum atomic E-state index is 0.0299. The third-order valence-corrected chi connectivity index (χ3v) is 1.65. The van der Waals surface area contributed by atoms with Gasteiger partial charge in [-0.2, -0.15) is 5.26 Å². The van der Waals surface area contributed by atoms with Crippen molar-refractivity contribution in [3.8, 4) is 6.07 Å². The van der Waals surface area contributed by atoms with Crippen LogP contribution in [0.3, 0.4) is 0 Å². The van der Waals surface area contributed by atoms with Gasteiger partial charge in [-0.05, 0) is 12.1 Å². The van der Waals surface area contributed by atoms with Gasteiger partial charge in [-0.3, -0.25) is 0 Å². The molecule has 1 heterocycles. The number of aliphatic hydroxyl groups is 1. The molecule has 5 nitrogen and oxygen atoms in total. The average molecular weight is 207 g/mol. The number of ether oxygens (including phenoxy) is 1. The number of nitriles is 1. The minimum Gasteiger partial charge on any atom is -0.394 e. The number of nitrogens with one attached hydrogen (secondary N) is 1. The number of aromatic nitrogens is 1. The highest BCUT2D eigenvalue weighted by molar-refractivity contribution is 5.38. The van der Waals surface area contributed by atoms with Gasteiger partial charge in [0, 0.05) is 6.54 Å². The first-order chi connectivity index (χ1) is 7.36. The van der Waals surface area contributed by atoms with Gasteiger partial charge in [0.25, 0.3) is 0 Å². The fourth-order valence-electron chi connectivity index (χ4n) is 1.01. The fourth-order valence-corrected chi connectivity index (χ4v) is 1.01. The molecule has 0 radical (unpaired) electrons. The summed E-state index contributed by atoms with van der Waals surface area (Å²) in [6.45, 7) is 1.47. The van der Waals surface area contributed by atoms with E-state index < -0.39 is 0 Å². The van der Waals surface area contributed by atoms with E-state index in [0.717, 1.165) is 0 Å². The van der Waals surface area contributed by atoms with Crippen molar-refractivity contribution in [2.75, 3.05) is 31.7 Å². The topological polar surface area (TPSA) is 78.2 Å². The van der Waals surface area contributed by atoms with Gasteiger partial charge in [0.15, 0.2) is 0 Å². The summed E-state index contributed by atoms with van der Waals surface area (Å²) in [7, 11) is 0. The number of anilines is 1. The summed E-state index contributed by atoms with van der Waals surface area (Å²) in [4.78, 5) is 4.03. The van der Waals surface area contributed by atoms with Gasteiger partial charge >= 0.3 is 0 Å². The molecule has 0 unspecified atom stereocenters. The minimum absolute atomic E-state index is 0.0299. The zero-order valence-electron chi connectivity index (χ0n) is 8.31. The Morgan fingerprint density at radius 2 is 2.33 bits per heavy atom. The predicted molar refractivity (Wildman–Crippen MR) is 55.3 cm³/mol. The Morgan fingerprint density at radius 3 is 3.07 bits per heavy atom. The van der Waals surface area contributed by atoms with Gasteiger partial charge in [0.1, 0.15) is 17.6 Å². The third-order valence-electron chi connectivity index (χ3n) is 1.65. The summed E-state index contributed by atoms with van der Waals surface area (Å²) in [5.74, 6) is 0.654. The Labute approximate surface area is 88.3 Å². The molecule has 0 amide bonds. The van der Waals surface area contributed by atoms with E-state index in [-0.39, 0.29) is 6.61 Å². The van der Waals surface area contributed by atoms with Crippen LogP contribution in [0.1, 0.15) is 5.69 Å². The van der Waals surface area contributed by atoms with Crippen LogP contribution in [0.2, 0.25) is 0 Å². The van der Waals surface area contributed by atoms with Crippen LogP contribution in [0.15, 0.2) is 18.2 Å². The van der Waals surface area contributed by atoms with Crippen LogP contribution in [0, 0.1) is 11.3 Å². The maximum atomic E-state index is 8.61.